The minimum absolute atomic E-state index is 0. The van der Waals surface area contributed by atoms with E-state index in [-0.39, 0.29) is 102 Å². The number of ether oxygens (including phenoxy) is 6. The molecule has 0 aliphatic carbocycles. The van der Waals surface area contributed by atoms with Crippen molar-refractivity contribution in [1.82, 2.24) is 15.1 Å². The number of carbonyl (C=O) groups excluding carboxylic acids is 2. The molecule has 2 N–H and O–H groups in total. The van der Waals surface area contributed by atoms with Gasteiger partial charge in [-0.25, -0.2) is 0 Å². The summed E-state index contributed by atoms with van der Waals surface area (Å²) in [5, 5.41) is 12.5. The average Bonchev–Trinajstić information content (AvgIpc) is 3.91. The first-order valence-corrected chi connectivity index (χ1v) is 23.9. The molecule has 4 aliphatic rings. The minimum atomic E-state index is -0.236. The molecule has 0 bridgehead atoms. The molecule has 4 saturated heterocycles. The van der Waals surface area contributed by atoms with Crippen LogP contribution in [-0.2, 0) is 23.8 Å². The van der Waals surface area contributed by atoms with Crippen molar-refractivity contribution in [2.45, 2.75) is 127 Å². The van der Waals surface area contributed by atoms with Crippen molar-refractivity contribution >= 4 is 57.6 Å². The number of esters is 2. The quantitative estimate of drug-likeness (QED) is 0.151. The van der Waals surface area contributed by atoms with E-state index in [2.05, 4.69) is 63.5 Å². The van der Waals surface area contributed by atoms with E-state index >= 15 is 0 Å². The van der Waals surface area contributed by atoms with Crippen molar-refractivity contribution in [3.63, 3.8) is 0 Å². The number of likely N-dealkylation sites (tertiary alicyclic amines) is 2. The number of nitrogens with zero attached hydrogens (tertiary/aromatic N) is 2. The van der Waals surface area contributed by atoms with Gasteiger partial charge in [-0.15, -0.1) is 12.4 Å². The summed E-state index contributed by atoms with van der Waals surface area (Å²) in [6.07, 6.45) is 8.55. The van der Waals surface area contributed by atoms with Gasteiger partial charge in [-0.3, -0.25) is 19.4 Å². The number of rotatable bonds is 11. The molecule has 4 heterocycles. The molecule has 3 unspecified atom stereocenters. The van der Waals surface area contributed by atoms with Gasteiger partial charge in [0.15, 0.2) is 17.4 Å². The maximum Gasteiger partial charge on any atom is 1.00 e. The van der Waals surface area contributed by atoms with E-state index in [0.717, 1.165) is 108 Å². The van der Waals surface area contributed by atoms with Gasteiger partial charge in [0.2, 0.25) is 0 Å². The number of nitrogens with one attached hydrogen (secondary N) is 1. The van der Waals surface area contributed by atoms with Crippen LogP contribution < -0.4 is 38.4 Å². The van der Waals surface area contributed by atoms with Crippen molar-refractivity contribution in [2.75, 3.05) is 73.3 Å². The number of hydrogen-bond donors (Lipinski definition) is 2. The molecular weight excluding hydrogens is 948 g/mol. The molecule has 0 spiro atoms. The zero-order valence-electron chi connectivity index (χ0n) is 42.3. The molecule has 4 aliphatic heterocycles. The van der Waals surface area contributed by atoms with E-state index in [0.29, 0.717) is 0 Å². The molecule has 3 aromatic rings. The Hall–Kier alpha value is -2.30. The van der Waals surface area contributed by atoms with Crippen LogP contribution in [0.25, 0.3) is 0 Å². The van der Waals surface area contributed by atoms with Gasteiger partial charge in [0.1, 0.15) is 44.9 Å². The van der Waals surface area contributed by atoms with Crippen molar-refractivity contribution in [3.8, 4) is 17.2 Å². The molecule has 3 atom stereocenters. The largest absolute Gasteiger partial charge is 1.00 e. The van der Waals surface area contributed by atoms with Crippen LogP contribution in [0.15, 0.2) is 91.0 Å². The first kappa shape index (κ1) is 64.7. The van der Waals surface area contributed by atoms with Gasteiger partial charge in [-0.1, -0.05) is 70.5 Å². The Labute approximate surface area is 441 Å². The Morgan fingerprint density at radius 1 is 0.657 bits per heavy atom. The standard InChI is InChI=1S/C16H23NO3.C15H23NO2.C12H17NO.C4H7BrO2.C4H8O.Al.ClH.Li.4H/c1-13(15(18)19-3)17-11-9-16(2,10-12-17)20-14-7-5-4-6-8-14;1-13(12-17)16-10-8-15(2,9-11-16)18-14-6-4-3-5-7-14;1-12(7-9-13-10-8-12)14-11-5-3-2-4-6-11;1-3(5)4(6)7-2;1-2-4-5-3-1;;;;;;;/h4-8,13H,9-12H2,1-3H3;3-7,13,17H,8-12H2,1-2H3;2-6,13H,7-10H2,1H3;3H,1-2H3;1-4H2;;1H;;;;;/q;;;;;;;+1;;;;-1. The fourth-order valence-electron chi connectivity index (χ4n) is 7.51. The van der Waals surface area contributed by atoms with Crippen LogP contribution in [0.2, 0.25) is 0 Å². The first-order valence-electron chi connectivity index (χ1n) is 23.0. The van der Waals surface area contributed by atoms with Crippen molar-refractivity contribution in [3.05, 3.63) is 91.0 Å². The number of benzene rings is 3. The van der Waals surface area contributed by atoms with Gasteiger partial charge >= 0.3 is 30.8 Å². The van der Waals surface area contributed by atoms with E-state index in [1.54, 1.807) is 6.92 Å². The van der Waals surface area contributed by atoms with Gasteiger partial charge < -0.3 is 40.3 Å². The first-order chi connectivity index (χ1) is 30.6. The topological polar surface area (TPSA) is 128 Å². The number of aliphatic hydroxyl groups excluding tert-OH is 1. The van der Waals surface area contributed by atoms with E-state index in [1.165, 1.54) is 27.1 Å². The summed E-state index contributed by atoms with van der Waals surface area (Å²) in [4.78, 5) is 26.1. The van der Waals surface area contributed by atoms with Crippen LogP contribution in [0.4, 0.5) is 0 Å². The number of carbonyl (C=O) groups is 2. The third-order valence-corrected chi connectivity index (χ3v) is 12.4. The molecule has 374 valence electrons. The number of hydrogen-bond acceptors (Lipinski definition) is 12. The van der Waals surface area contributed by atoms with Crippen LogP contribution in [0.3, 0.4) is 0 Å². The second kappa shape index (κ2) is 34.9. The van der Waals surface area contributed by atoms with Crippen LogP contribution in [0, 0.1) is 0 Å². The molecule has 7 rings (SSSR count). The number of methoxy groups -OCH3 is 2. The summed E-state index contributed by atoms with van der Waals surface area (Å²) in [5.74, 6) is 2.43. The summed E-state index contributed by atoms with van der Waals surface area (Å²) in [7, 11) is 2.80. The molecule has 12 nitrogen and oxygen atoms in total. The Morgan fingerprint density at radius 3 is 1.28 bits per heavy atom. The molecule has 4 fully saturated rings. The summed E-state index contributed by atoms with van der Waals surface area (Å²) >= 11 is 3.03. The summed E-state index contributed by atoms with van der Waals surface area (Å²) in [6.45, 7) is 20.2. The van der Waals surface area contributed by atoms with Gasteiger partial charge in [0.25, 0.3) is 0 Å². The average molecular weight is 1030 g/mol. The Balaban J connectivity index is 0. The van der Waals surface area contributed by atoms with Crippen LogP contribution >= 0.6 is 28.3 Å². The van der Waals surface area contributed by atoms with Gasteiger partial charge in [0.05, 0.1) is 20.8 Å². The molecule has 67 heavy (non-hydrogen) atoms. The monoisotopic (exact) mass is 1030 g/mol. The predicted molar refractivity (Wildman–Crippen MR) is 277 cm³/mol. The molecule has 3 aromatic carbocycles. The maximum absolute atomic E-state index is 11.6. The molecule has 0 radical (unpaired) electrons. The van der Waals surface area contributed by atoms with Crippen LogP contribution in [0.1, 0.15) is 94.3 Å². The molecule has 0 aromatic heterocycles. The zero-order chi connectivity index (χ0) is 46.9. The van der Waals surface area contributed by atoms with Crippen LogP contribution in [-0.4, -0.2) is 151 Å². The summed E-state index contributed by atoms with van der Waals surface area (Å²) in [5.41, 5.74) is -0.215. The molecule has 0 amide bonds. The van der Waals surface area contributed by atoms with E-state index < -0.39 is 0 Å². The normalized spacial score (nSPS) is 19.2. The summed E-state index contributed by atoms with van der Waals surface area (Å²) in [6, 6.07) is 30.1. The molecular formula is C51H83AlBrClLiN3O9. The van der Waals surface area contributed by atoms with Crippen LogP contribution in [0.5, 0.6) is 17.2 Å². The van der Waals surface area contributed by atoms with E-state index in [9.17, 15) is 14.7 Å². The van der Waals surface area contributed by atoms with Crippen molar-refractivity contribution in [1.29, 1.82) is 0 Å². The predicted octanol–water partition coefficient (Wildman–Crippen LogP) is 5.08. The Kier molecular flexibility index (Phi) is 33.7. The smallest absolute Gasteiger partial charge is 1.00 e. The number of alkyl halides is 1. The fourth-order valence-corrected chi connectivity index (χ4v) is 7.70. The Bertz CT molecular complexity index is 1700. The van der Waals surface area contributed by atoms with E-state index in [1.807, 2.05) is 97.9 Å². The molecule has 16 heteroatoms. The van der Waals surface area contributed by atoms with Gasteiger partial charge in [0, 0.05) is 45.4 Å². The second-order valence-corrected chi connectivity index (χ2v) is 19.0. The SMILES string of the molecule is C1CCOC1.CC(CO)N1CCC(C)(Oc2ccccc2)CC1.CC1(Oc2ccccc2)CCNCC1.COC(=O)C(C)Br.COC(=O)C(C)N1CCC(C)(Oc2ccccc2)CC1.Cl.[AlH3].[H-].[Li+]. The minimum Gasteiger partial charge on any atom is -1.00 e. The fraction of sp³-hybridized carbons (Fsp3) is 0.608. The third kappa shape index (κ3) is 25.4. The number of halogens is 2. The third-order valence-electron chi connectivity index (χ3n) is 12.0. The number of piperidine rings is 3. The van der Waals surface area contributed by atoms with Gasteiger partial charge in [-0.05, 0) is 142 Å². The Morgan fingerprint density at radius 2 is 1.00 bits per heavy atom. The number of para-hydroxylation sites is 3. The summed E-state index contributed by atoms with van der Waals surface area (Å²) < 4.78 is 32.3. The van der Waals surface area contributed by atoms with E-state index in [4.69, 9.17) is 23.7 Å². The maximum atomic E-state index is 11.6. The van der Waals surface area contributed by atoms with Crippen molar-refractivity contribution in [2.24, 2.45) is 0 Å². The zero-order valence-corrected chi connectivity index (χ0v) is 43.7. The van der Waals surface area contributed by atoms with Gasteiger partial charge in [-0.2, -0.15) is 0 Å². The number of aliphatic hydroxyl groups is 1. The molecule has 0 saturated carbocycles. The van der Waals surface area contributed by atoms with Crippen molar-refractivity contribution < 1.29 is 63.4 Å². The second-order valence-electron chi connectivity index (χ2n) is 17.6.